The fraction of sp³-hybridized carbons (Fsp3) is 0.500. The standard InChI is InChI=1S/C14H18BrNO3/c1-19-13-9-10(15)5-6-12(13)14(18)16(7-8-17)11-3-2-4-11/h5-6,9,11,17H,2-4,7-8H2,1H3. The van der Waals surface area contributed by atoms with Crippen LogP contribution < -0.4 is 4.74 Å². The zero-order valence-electron chi connectivity index (χ0n) is 10.9. The smallest absolute Gasteiger partial charge is 0.257 e. The Labute approximate surface area is 121 Å². The van der Waals surface area contributed by atoms with Crippen LogP contribution in [0.5, 0.6) is 5.75 Å². The van der Waals surface area contributed by atoms with Crippen molar-refractivity contribution in [2.75, 3.05) is 20.3 Å². The van der Waals surface area contributed by atoms with Crippen LogP contribution >= 0.6 is 15.9 Å². The van der Waals surface area contributed by atoms with Crippen LogP contribution in [0.1, 0.15) is 29.6 Å². The highest BCUT2D eigenvalue weighted by Gasteiger charge is 2.30. The summed E-state index contributed by atoms with van der Waals surface area (Å²) in [5.41, 5.74) is 0.547. The summed E-state index contributed by atoms with van der Waals surface area (Å²) in [6.07, 6.45) is 3.19. The van der Waals surface area contributed by atoms with Crippen molar-refractivity contribution < 1.29 is 14.6 Å². The van der Waals surface area contributed by atoms with Gasteiger partial charge in [-0.25, -0.2) is 0 Å². The summed E-state index contributed by atoms with van der Waals surface area (Å²) in [7, 11) is 1.55. The molecule has 0 radical (unpaired) electrons. The third-order valence-electron chi connectivity index (χ3n) is 3.51. The number of aliphatic hydroxyl groups excluding tert-OH is 1. The van der Waals surface area contributed by atoms with Gasteiger partial charge >= 0.3 is 0 Å². The molecule has 0 aromatic heterocycles. The number of methoxy groups -OCH3 is 1. The Hall–Kier alpha value is -1.07. The molecule has 0 unspecified atom stereocenters. The van der Waals surface area contributed by atoms with Gasteiger partial charge in [0.2, 0.25) is 0 Å². The van der Waals surface area contributed by atoms with Crippen molar-refractivity contribution in [1.82, 2.24) is 4.90 Å². The van der Waals surface area contributed by atoms with E-state index in [1.165, 1.54) is 0 Å². The third kappa shape index (κ3) is 3.09. The monoisotopic (exact) mass is 327 g/mol. The van der Waals surface area contributed by atoms with Gasteiger partial charge in [0, 0.05) is 17.1 Å². The predicted molar refractivity (Wildman–Crippen MR) is 76.5 cm³/mol. The number of hydrogen-bond acceptors (Lipinski definition) is 3. The molecule has 1 aliphatic rings. The number of benzene rings is 1. The lowest BCUT2D eigenvalue weighted by Crippen LogP contribution is -2.45. The highest BCUT2D eigenvalue weighted by atomic mass is 79.9. The second-order valence-electron chi connectivity index (χ2n) is 4.65. The fourth-order valence-corrected chi connectivity index (χ4v) is 2.59. The van der Waals surface area contributed by atoms with E-state index < -0.39 is 0 Å². The number of aliphatic hydroxyl groups is 1. The molecule has 0 heterocycles. The second-order valence-corrected chi connectivity index (χ2v) is 5.57. The molecule has 104 valence electrons. The van der Waals surface area contributed by atoms with E-state index in [2.05, 4.69) is 15.9 Å². The number of carbonyl (C=O) groups is 1. The Balaban J connectivity index is 2.25. The molecule has 19 heavy (non-hydrogen) atoms. The van der Waals surface area contributed by atoms with Crippen LogP contribution in [-0.2, 0) is 0 Å². The lowest BCUT2D eigenvalue weighted by atomic mass is 9.91. The first-order valence-electron chi connectivity index (χ1n) is 6.42. The van der Waals surface area contributed by atoms with Crippen molar-refractivity contribution in [2.24, 2.45) is 0 Å². The van der Waals surface area contributed by atoms with Crippen LogP contribution in [0.3, 0.4) is 0 Å². The maximum atomic E-state index is 12.6. The Kier molecular flexibility index (Phi) is 4.82. The average molecular weight is 328 g/mol. The molecule has 1 fully saturated rings. The Morgan fingerprint density at radius 1 is 1.53 bits per heavy atom. The quantitative estimate of drug-likeness (QED) is 0.903. The number of carbonyl (C=O) groups excluding carboxylic acids is 1. The summed E-state index contributed by atoms with van der Waals surface area (Å²) in [6, 6.07) is 5.63. The number of rotatable bonds is 5. The van der Waals surface area contributed by atoms with Gasteiger partial charge in [-0.2, -0.15) is 0 Å². The van der Waals surface area contributed by atoms with Gasteiger partial charge in [-0.3, -0.25) is 4.79 Å². The Morgan fingerprint density at radius 3 is 2.79 bits per heavy atom. The van der Waals surface area contributed by atoms with Crippen LogP contribution in [0.2, 0.25) is 0 Å². The summed E-state index contributed by atoms with van der Waals surface area (Å²) >= 11 is 3.36. The number of amides is 1. The molecule has 0 spiro atoms. The average Bonchev–Trinajstić information content (AvgIpc) is 2.35. The van der Waals surface area contributed by atoms with Gasteiger partial charge in [0.1, 0.15) is 5.75 Å². The SMILES string of the molecule is COc1cc(Br)ccc1C(=O)N(CCO)C1CCC1. The first kappa shape index (κ1) is 14.3. The molecule has 0 bridgehead atoms. The molecule has 1 aromatic carbocycles. The number of nitrogens with zero attached hydrogens (tertiary/aromatic N) is 1. The molecular formula is C14H18BrNO3. The molecule has 0 saturated heterocycles. The lowest BCUT2D eigenvalue weighted by molar-refractivity contribution is 0.0522. The van der Waals surface area contributed by atoms with Gasteiger partial charge in [0.25, 0.3) is 5.91 Å². The molecule has 1 N–H and O–H groups in total. The van der Waals surface area contributed by atoms with Crippen LogP contribution in [0.4, 0.5) is 0 Å². The summed E-state index contributed by atoms with van der Waals surface area (Å²) in [5.74, 6) is 0.490. The summed E-state index contributed by atoms with van der Waals surface area (Å²) in [6.45, 7) is 0.365. The molecule has 1 amide bonds. The number of ether oxygens (including phenoxy) is 1. The van der Waals surface area contributed by atoms with E-state index in [-0.39, 0.29) is 18.6 Å². The first-order valence-corrected chi connectivity index (χ1v) is 7.22. The summed E-state index contributed by atoms with van der Waals surface area (Å²) in [4.78, 5) is 14.3. The number of hydrogen-bond donors (Lipinski definition) is 1. The second kappa shape index (κ2) is 6.39. The first-order chi connectivity index (χ1) is 9.17. The largest absolute Gasteiger partial charge is 0.496 e. The van der Waals surface area contributed by atoms with E-state index >= 15 is 0 Å². The fourth-order valence-electron chi connectivity index (χ4n) is 2.25. The summed E-state index contributed by atoms with van der Waals surface area (Å²) < 4.78 is 6.14. The van der Waals surface area contributed by atoms with Gasteiger partial charge in [-0.15, -0.1) is 0 Å². The van der Waals surface area contributed by atoms with Gasteiger partial charge in [0.15, 0.2) is 0 Å². The molecule has 0 atom stereocenters. The van der Waals surface area contributed by atoms with Gasteiger partial charge < -0.3 is 14.7 Å². The zero-order chi connectivity index (χ0) is 13.8. The van der Waals surface area contributed by atoms with Crippen molar-refractivity contribution in [1.29, 1.82) is 0 Å². The van der Waals surface area contributed by atoms with Crippen molar-refractivity contribution in [3.8, 4) is 5.75 Å². The summed E-state index contributed by atoms with van der Waals surface area (Å²) in [5, 5.41) is 9.14. The minimum absolute atomic E-state index is 0.0128. The maximum absolute atomic E-state index is 12.6. The van der Waals surface area contributed by atoms with E-state index in [4.69, 9.17) is 9.84 Å². The highest BCUT2D eigenvalue weighted by molar-refractivity contribution is 9.10. The molecule has 4 nitrogen and oxygen atoms in total. The zero-order valence-corrected chi connectivity index (χ0v) is 12.5. The van der Waals surface area contributed by atoms with Crippen molar-refractivity contribution in [2.45, 2.75) is 25.3 Å². The molecule has 1 aliphatic carbocycles. The van der Waals surface area contributed by atoms with Crippen LogP contribution in [0.25, 0.3) is 0 Å². The molecule has 0 aliphatic heterocycles. The van der Waals surface area contributed by atoms with Crippen molar-refractivity contribution in [3.63, 3.8) is 0 Å². The van der Waals surface area contributed by atoms with Crippen LogP contribution in [-0.4, -0.2) is 42.2 Å². The molecular weight excluding hydrogens is 310 g/mol. The lowest BCUT2D eigenvalue weighted by Gasteiger charge is -2.37. The molecule has 1 aromatic rings. The third-order valence-corrected chi connectivity index (χ3v) is 4.00. The Bertz CT molecular complexity index is 460. The van der Waals surface area contributed by atoms with Crippen molar-refractivity contribution in [3.05, 3.63) is 28.2 Å². The highest BCUT2D eigenvalue weighted by Crippen LogP contribution is 2.29. The van der Waals surface area contributed by atoms with Gasteiger partial charge in [-0.05, 0) is 37.5 Å². The van der Waals surface area contributed by atoms with Crippen LogP contribution in [0.15, 0.2) is 22.7 Å². The molecule has 1 saturated carbocycles. The molecule has 2 rings (SSSR count). The van der Waals surface area contributed by atoms with Gasteiger partial charge in [0.05, 0.1) is 19.3 Å². The maximum Gasteiger partial charge on any atom is 0.257 e. The predicted octanol–water partition coefficient (Wildman–Crippen LogP) is 2.44. The normalized spacial score (nSPS) is 14.9. The van der Waals surface area contributed by atoms with E-state index in [9.17, 15) is 4.79 Å². The number of halogens is 1. The van der Waals surface area contributed by atoms with Crippen LogP contribution in [0, 0.1) is 0 Å². The van der Waals surface area contributed by atoms with E-state index in [1.807, 2.05) is 6.07 Å². The molecule has 5 heteroatoms. The van der Waals surface area contributed by atoms with Crippen molar-refractivity contribution >= 4 is 21.8 Å². The van der Waals surface area contributed by atoms with Gasteiger partial charge in [-0.1, -0.05) is 15.9 Å². The minimum atomic E-state index is -0.0666. The topological polar surface area (TPSA) is 49.8 Å². The Morgan fingerprint density at radius 2 is 2.26 bits per heavy atom. The van der Waals surface area contributed by atoms with E-state index in [1.54, 1.807) is 24.1 Å². The van der Waals surface area contributed by atoms with E-state index in [0.29, 0.717) is 17.9 Å². The minimum Gasteiger partial charge on any atom is -0.496 e. The van der Waals surface area contributed by atoms with E-state index in [0.717, 1.165) is 23.7 Å².